The molecule has 0 saturated carbocycles. The van der Waals surface area contributed by atoms with Gasteiger partial charge in [0.1, 0.15) is 0 Å². The third-order valence-corrected chi connectivity index (χ3v) is 3.85. The number of nitrogens with zero attached hydrogens (tertiary/aromatic N) is 1. The Morgan fingerprint density at radius 2 is 2.18 bits per heavy atom. The van der Waals surface area contributed by atoms with Crippen molar-refractivity contribution in [1.29, 1.82) is 0 Å². The lowest BCUT2D eigenvalue weighted by molar-refractivity contribution is -0.141. The van der Waals surface area contributed by atoms with Gasteiger partial charge in [0, 0.05) is 24.1 Å². The summed E-state index contributed by atoms with van der Waals surface area (Å²) in [6.45, 7) is 3.86. The summed E-state index contributed by atoms with van der Waals surface area (Å²) in [5, 5.41) is 20.5. The Bertz CT molecular complexity index is 298. The highest BCUT2D eigenvalue weighted by atomic mass is 32.2. The van der Waals surface area contributed by atoms with Gasteiger partial charge in [-0.15, -0.1) is 0 Å². The van der Waals surface area contributed by atoms with Crippen molar-refractivity contribution in [2.24, 2.45) is 0 Å². The van der Waals surface area contributed by atoms with Gasteiger partial charge in [-0.2, -0.15) is 11.8 Å². The number of carboxylic acids is 1. The number of carbonyl (C=O) groups is 2. The highest BCUT2D eigenvalue weighted by Crippen LogP contribution is 2.16. The number of amides is 2. The maximum Gasteiger partial charge on any atom is 0.328 e. The molecule has 6 nitrogen and oxygen atoms in total. The monoisotopic (exact) mass is 262 g/mol. The standard InChI is InChI=1S/C10H18N2O4S/c1-6-5-17-4-3-12(6)10(16)11-8(7(2)13)9(14)15/h6-8,13H,3-5H2,1-2H3,(H,11,16)(H,14,15)/t6?,7-,8+/m1/s1. The summed E-state index contributed by atoms with van der Waals surface area (Å²) in [4.78, 5) is 24.3. The maximum absolute atomic E-state index is 11.9. The molecule has 1 unspecified atom stereocenters. The largest absolute Gasteiger partial charge is 0.480 e. The Labute approximate surface area is 104 Å². The summed E-state index contributed by atoms with van der Waals surface area (Å²) in [6, 6.07) is -1.60. The van der Waals surface area contributed by atoms with E-state index in [0.717, 1.165) is 11.5 Å². The zero-order chi connectivity index (χ0) is 13.0. The van der Waals surface area contributed by atoms with Crippen LogP contribution in [0.4, 0.5) is 4.79 Å². The number of thioether (sulfide) groups is 1. The number of hydrogen-bond donors (Lipinski definition) is 3. The van der Waals surface area contributed by atoms with Crippen LogP contribution in [0.25, 0.3) is 0 Å². The van der Waals surface area contributed by atoms with Gasteiger partial charge < -0.3 is 20.4 Å². The first-order valence-corrected chi connectivity index (χ1v) is 6.64. The normalized spacial score (nSPS) is 23.9. The average molecular weight is 262 g/mol. The molecule has 0 radical (unpaired) electrons. The van der Waals surface area contributed by atoms with E-state index >= 15 is 0 Å². The van der Waals surface area contributed by atoms with E-state index in [4.69, 9.17) is 5.11 Å². The molecular weight excluding hydrogens is 244 g/mol. The molecule has 2 amide bonds. The Morgan fingerprint density at radius 1 is 1.53 bits per heavy atom. The number of aliphatic hydroxyl groups excluding tert-OH is 1. The molecule has 1 aliphatic rings. The first-order chi connectivity index (χ1) is 7.93. The molecular formula is C10H18N2O4S. The van der Waals surface area contributed by atoms with Gasteiger partial charge in [0.05, 0.1) is 6.10 Å². The second-order valence-corrected chi connectivity index (χ2v) is 5.27. The van der Waals surface area contributed by atoms with Gasteiger partial charge in [-0.25, -0.2) is 9.59 Å². The number of hydrogen-bond acceptors (Lipinski definition) is 4. The SMILES string of the molecule is CC1CSCCN1C(=O)N[C@H](C(=O)O)[C@@H](C)O. The molecule has 1 heterocycles. The van der Waals surface area contributed by atoms with Crippen molar-refractivity contribution in [2.45, 2.75) is 32.0 Å². The van der Waals surface area contributed by atoms with E-state index in [9.17, 15) is 14.7 Å². The van der Waals surface area contributed by atoms with E-state index in [1.165, 1.54) is 6.92 Å². The molecule has 1 aliphatic heterocycles. The molecule has 0 aliphatic carbocycles. The fourth-order valence-electron chi connectivity index (χ4n) is 1.63. The Kier molecular flexibility index (Phi) is 5.07. The van der Waals surface area contributed by atoms with Crippen LogP contribution in [0.1, 0.15) is 13.8 Å². The molecule has 0 spiro atoms. The van der Waals surface area contributed by atoms with Gasteiger partial charge >= 0.3 is 12.0 Å². The van der Waals surface area contributed by atoms with Crippen LogP contribution in [-0.2, 0) is 4.79 Å². The molecule has 17 heavy (non-hydrogen) atoms. The van der Waals surface area contributed by atoms with Crippen molar-refractivity contribution in [3.8, 4) is 0 Å². The average Bonchev–Trinajstić information content (AvgIpc) is 2.25. The number of aliphatic hydroxyl groups is 1. The van der Waals surface area contributed by atoms with Crippen molar-refractivity contribution in [3.63, 3.8) is 0 Å². The van der Waals surface area contributed by atoms with Gasteiger partial charge in [-0.3, -0.25) is 0 Å². The van der Waals surface area contributed by atoms with E-state index in [1.807, 2.05) is 6.92 Å². The molecule has 0 aromatic carbocycles. The molecule has 3 atom stereocenters. The molecule has 0 aromatic heterocycles. The minimum Gasteiger partial charge on any atom is -0.480 e. The first kappa shape index (κ1) is 14.1. The lowest BCUT2D eigenvalue weighted by atomic mass is 10.2. The fraction of sp³-hybridized carbons (Fsp3) is 0.800. The molecule has 0 bridgehead atoms. The van der Waals surface area contributed by atoms with Crippen LogP contribution in [-0.4, -0.2) is 63.4 Å². The van der Waals surface area contributed by atoms with Crippen molar-refractivity contribution < 1.29 is 19.8 Å². The molecule has 7 heteroatoms. The van der Waals surface area contributed by atoms with Gasteiger partial charge in [-0.05, 0) is 13.8 Å². The van der Waals surface area contributed by atoms with Crippen LogP contribution in [0.2, 0.25) is 0 Å². The van der Waals surface area contributed by atoms with Gasteiger partial charge in [0.15, 0.2) is 6.04 Å². The lowest BCUT2D eigenvalue weighted by Gasteiger charge is -2.34. The van der Waals surface area contributed by atoms with Crippen LogP contribution < -0.4 is 5.32 Å². The number of aliphatic carboxylic acids is 1. The summed E-state index contributed by atoms with van der Waals surface area (Å²) >= 11 is 1.77. The Hall–Kier alpha value is -0.950. The number of urea groups is 1. The third-order valence-electron chi connectivity index (χ3n) is 2.66. The van der Waals surface area contributed by atoms with Crippen LogP contribution in [0.3, 0.4) is 0 Å². The van der Waals surface area contributed by atoms with Gasteiger partial charge in [-0.1, -0.05) is 0 Å². The summed E-state index contributed by atoms with van der Waals surface area (Å²) < 4.78 is 0. The quantitative estimate of drug-likeness (QED) is 0.664. The minimum atomic E-state index is -1.26. The van der Waals surface area contributed by atoms with Gasteiger partial charge in [0.25, 0.3) is 0 Å². The predicted octanol–water partition coefficient (Wildman–Crippen LogP) is -0.0327. The minimum absolute atomic E-state index is 0.0807. The second kappa shape index (κ2) is 6.11. The van der Waals surface area contributed by atoms with Crippen LogP contribution in [0.15, 0.2) is 0 Å². The zero-order valence-electron chi connectivity index (χ0n) is 9.92. The maximum atomic E-state index is 11.9. The number of carboxylic acid groups (broad SMARTS) is 1. The van der Waals surface area contributed by atoms with E-state index in [2.05, 4.69) is 5.32 Å². The smallest absolute Gasteiger partial charge is 0.328 e. The Morgan fingerprint density at radius 3 is 2.65 bits per heavy atom. The van der Waals surface area contributed by atoms with E-state index in [-0.39, 0.29) is 6.04 Å². The molecule has 1 saturated heterocycles. The second-order valence-electron chi connectivity index (χ2n) is 4.12. The van der Waals surface area contributed by atoms with Crippen LogP contribution in [0.5, 0.6) is 0 Å². The van der Waals surface area contributed by atoms with Gasteiger partial charge in [0.2, 0.25) is 0 Å². The lowest BCUT2D eigenvalue weighted by Crippen LogP contribution is -2.56. The number of rotatable bonds is 3. The van der Waals surface area contributed by atoms with Crippen LogP contribution in [0, 0.1) is 0 Å². The number of carbonyl (C=O) groups excluding carboxylic acids is 1. The summed E-state index contributed by atoms with van der Waals surface area (Å²) in [5.74, 6) is 0.469. The summed E-state index contributed by atoms with van der Waals surface area (Å²) in [7, 11) is 0. The van der Waals surface area contributed by atoms with E-state index in [1.54, 1.807) is 16.7 Å². The molecule has 1 rings (SSSR count). The number of nitrogens with one attached hydrogen (secondary N) is 1. The highest BCUT2D eigenvalue weighted by Gasteiger charge is 2.30. The molecule has 3 N–H and O–H groups in total. The predicted molar refractivity (Wildman–Crippen MR) is 65.1 cm³/mol. The highest BCUT2D eigenvalue weighted by molar-refractivity contribution is 7.99. The van der Waals surface area contributed by atoms with E-state index in [0.29, 0.717) is 6.54 Å². The first-order valence-electron chi connectivity index (χ1n) is 5.49. The van der Waals surface area contributed by atoms with Crippen molar-refractivity contribution in [2.75, 3.05) is 18.1 Å². The third kappa shape index (κ3) is 3.78. The molecule has 98 valence electrons. The van der Waals surface area contributed by atoms with Crippen molar-refractivity contribution >= 4 is 23.8 Å². The van der Waals surface area contributed by atoms with Crippen molar-refractivity contribution in [1.82, 2.24) is 10.2 Å². The molecule has 1 fully saturated rings. The molecule has 0 aromatic rings. The fourth-order valence-corrected chi connectivity index (χ4v) is 2.65. The summed E-state index contributed by atoms with van der Waals surface area (Å²) in [5.41, 5.74) is 0. The topological polar surface area (TPSA) is 89.9 Å². The summed E-state index contributed by atoms with van der Waals surface area (Å²) in [6.07, 6.45) is -1.12. The van der Waals surface area contributed by atoms with Crippen LogP contribution >= 0.6 is 11.8 Å². The van der Waals surface area contributed by atoms with E-state index < -0.39 is 24.1 Å². The zero-order valence-corrected chi connectivity index (χ0v) is 10.7. The van der Waals surface area contributed by atoms with Crippen molar-refractivity contribution in [3.05, 3.63) is 0 Å². The Balaban J connectivity index is 2.60.